The molecule has 0 spiro atoms. The summed E-state index contributed by atoms with van der Waals surface area (Å²) in [5.41, 5.74) is 3.56. The Morgan fingerprint density at radius 1 is 1.38 bits per heavy atom. The fourth-order valence-corrected chi connectivity index (χ4v) is 1.32. The number of rotatable bonds is 5. The fraction of sp³-hybridized carbons (Fsp3) is 0.600. The first-order valence-electron chi connectivity index (χ1n) is 3.30. The number of hydrogen-bond donors (Lipinski definition) is 4. The van der Waals surface area contributed by atoms with Gasteiger partial charge in [0.25, 0.3) is 0 Å². The molecule has 1 unspecified atom stereocenters. The predicted octanol–water partition coefficient (Wildman–Crippen LogP) is -1.46. The lowest BCUT2D eigenvalue weighted by Gasteiger charge is -2.13. The van der Waals surface area contributed by atoms with Crippen LogP contribution < -0.4 is 5.73 Å². The lowest BCUT2D eigenvalue weighted by Crippen LogP contribution is -2.27. The quantitative estimate of drug-likeness (QED) is 0.321. The summed E-state index contributed by atoms with van der Waals surface area (Å²) in [6.07, 6.45) is -0.740. The van der Waals surface area contributed by atoms with Crippen LogP contribution in [0, 0.1) is 0 Å². The molecule has 0 aliphatic heterocycles. The van der Waals surface area contributed by atoms with Gasteiger partial charge in [-0.3, -0.25) is 9.36 Å². The highest BCUT2D eigenvalue weighted by molar-refractivity contribution is 7.52. The van der Waals surface area contributed by atoms with Gasteiger partial charge in [-0.2, -0.15) is 0 Å². The standard InChI is InChI=1S/C5H10NO6P/c6-2-3(13(10,11)12)1-4(7)5(8)9/h3H,1-2,6H2,(H,8,9)(H2,10,11,12). The van der Waals surface area contributed by atoms with E-state index in [1.165, 1.54) is 0 Å². The second-order valence-electron chi connectivity index (χ2n) is 2.41. The maximum atomic E-state index is 10.6. The molecule has 8 heteroatoms. The van der Waals surface area contributed by atoms with Crippen LogP contribution in [0.25, 0.3) is 0 Å². The van der Waals surface area contributed by atoms with Crippen molar-refractivity contribution in [3.63, 3.8) is 0 Å². The lowest BCUT2D eigenvalue weighted by atomic mass is 10.2. The molecule has 0 aromatic carbocycles. The van der Waals surface area contributed by atoms with Crippen LogP contribution in [0.1, 0.15) is 6.42 Å². The first-order chi connectivity index (χ1) is 5.79. The molecule has 0 aromatic heterocycles. The highest BCUT2D eigenvalue weighted by Crippen LogP contribution is 2.42. The molecule has 0 bridgehead atoms. The van der Waals surface area contributed by atoms with Crippen LogP contribution in [0.15, 0.2) is 0 Å². The number of carboxylic acids is 1. The van der Waals surface area contributed by atoms with Crippen molar-refractivity contribution in [2.75, 3.05) is 6.54 Å². The highest BCUT2D eigenvalue weighted by atomic mass is 31.2. The van der Waals surface area contributed by atoms with Crippen LogP contribution in [0.3, 0.4) is 0 Å². The van der Waals surface area contributed by atoms with E-state index in [1.807, 2.05) is 0 Å². The molecule has 0 rings (SSSR count). The topological polar surface area (TPSA) is 138 Å². The van der Waals surface area contributed by atoms with Gasteiger partial charge in [0.1, 0.15) is 0 Å². The minimum Gasteiger partial charge on any atom is -0.476 e. The van der Waals surface area contributed by atoms with E-state index in [9.17, 15) is 14.2 Å². The molecule has 7 nitrogen and oxygen atoms in total. The zero-order valence-corrected chi connectivity index (χ0v) is 7.48. The number of ketones is 1. The number of carbonyl (C=O) groups is 2. The molecule has 0 aliphatic rings. The van der Waals surface area contributed by atoms with Crippen LogP contribution in [-0.4, -0.2) is 38.8 Å². The van der Waals surface area contributed by atoms with Crippen LogP contribution in [0.4, 0.5) is 0 Å². The van der Waals surface area contributed by atoms with E-state index in [-0.39, 0.29) is 0 Å². The van der Waals surface area contributed by atoms with E-state index in [2.05, 4.69) is 0 Å². The molecule has 0 amide bonds. The van der Waals surface area contributed by atoms with Crippen LogP contribution >= 0.6 is 7.60 Å². The van der Waals surface area contributed by atoms with Crippen molar-refractivity contribution in [2.24, 2.45) is 5.73 Å². The van der Waals surface area contributed by atoms with Crippen molar-refractivity contribution in [3.05, 3.63) is 0 Å². The number of Topliss-reactive ketones (excluding diaryl/α,β-unsaturated/α-hetero) is 1. The number of aliphatic carboxylic acids is 1. The van der Waals surface area contributed by atoms with Crippen molar-refractivity contribution >= 4 is 19.3 Å². The Hall–Kier alpha value is -0.750. The first-order valence-corrected chi connectivity index (χ1v) is 4.98. The maximum absolute atomic E-state index is 10.6. The van der Waals surface area contributed by atoms with Gasteiger partial charge >= 0.3 is 13.6 Å². The highest BCUT2D eigenvalue weighted by Gasteiger charge is 2.31. The Labute approximate surface area is 73.7 Å². The van der Waals surface area contributed by atoms with Crippen molar-refractivity contribution < 1.29 is 29.0 Å². The van der Waals surface area contributed by atoms with Gasteiger partial charge < -0.3 is 20.6 Å². The molecule has 0 saturated carbocycles. The van der Waals surface area contributed by atoms with E-state index in [0.717, 1.165) is 0 Å². The maximum Gasteiger partial charge on any atom is 0.372 e. The van der Waals surface area contributed by atoms with Crippen LogP contribution in [0.2, 0.25) is 0 Å². The molecular formula is C5H10NO6P. The molecule has 0 radical (unpaired) electrons. The summed E-state index contributed by atoms with van der Waals surface area (Å²) in [6, 6.07) is 0. The first kappa shape index (κ1) is 12.2. The van der Waals surface area contributed by atoms with Gasteiger partial charge in [0.2, 0.25) is 5.78 Å². The Morgan fingerprint density at radius 2 is 1.85 bits per heavy atom. The smallest absolute Gasteiger partial charge is 0.372 e. The van der Waals surface area contributed by atoms with Gasteiger partial charge in [-0.25, -0.2) is 4.79 Å². The minimum atomic E-state index is -4.48. The Kier molecular flexibility index (Phi) is 4.22. The van der Waals surface area contributed by atoms with E-state index < -0.39 is 38.0 Å². The summed E-state index contributed by atoms with van der Waals surface area (Å²) >= 11 is 0. The molecule has 5 N–H and O–H groups in total. The van der Waals surface area contributed by atoms with E-state index in [1.54, 1.807) is 0 Å². The summed E-state index contributed by atoms with van der Waals surface area (Å²) in [5, 5.41) is 8.15. The summed E-state index contributed by atoms with van der Waals surface area (Å²) in [5.74, 6) is -2.97. The molecule has 0 aliphatic carbocycles. The number of nitrogens with two attached hydrogens (primary N) is 1. The molecule has 0 fully saturated rings. The normalized spacial score (nSPS) is 13.8. The zero-order valence-electron chi connectivity index (χ0n) is 6.58. The molecule has 13 heavy (non-hydrogen) atoms. The fourth-order valence-electron chi connectivity index (χ4n) is 0.641. The molecule has 0 saturated heterocycles. The lowest BCUT2D eigenvalue weighted by molar-refractivity contribution is -0.149. The third-order valence-electron chi connectivity index (χ3n) is 1.41. The molecule has 0 aromatic rings. The van der Waals surface area contributed by atoms with Gasteiger partial charge in [0, 0.05) is 13.0 Å². The predicted molar refractivity (Wildman–Crippen MR) is 42.1 cm³/mol. The SMILES string of the molecule is NCC(CC(=O)C(=O)O)P(=O)(O)O. The van der Waals surface area contributed by atoms with Crippen LogP contribution in [-0.2, 0) is 14.2 Å². The Morgan fingerprint density at radius 3 is 2.08 bits per heavy atom. The number of carboxylic acid groups (broad SMARTS) is 1. The van der Waals surface area contributed by atoms with Gasteiger partial charge in [-0.15, -0.1) is 0 Å². The average Bonchev–Trinajstić information content (AvgIpc) is 1.96. The molecule has 76 valence electrons. The average molecular weight is 211 g/mol. The van der Waals surface area contributed by atoms with Crippen LogP contribution in [0.5, 0.6) is 0 Å². The van der Waals surface area contributed by atoms with E-state index in [0.29, 0.717) is 0 Å². The van der Waals surface area contributed by atoms with E-state index in [4.69, 9.17) is 20.6 Å². The number of carbonyl (C=O) groups excluding carboxylic acids is 1. The minimum absolute atomic E-state index is 0.427. The number of hydrogen-bond acceptors (Lipinski definition) is 4. The molecule has 1 atom stereocenters. The van der Waals surface area contributed by atoms with Gasteiger partial charge in [-0.1, -0.05) is 0 Å². The summed E-state index contributed by atoms with van der Waals surface area (Å²) in [4.78, 5) is 37.8. The largest absolute Gasteiger partial charge is 0.476 e. The Bertz CT molecular complexity index is 258. The van der Waals surface area contributed by atoms with Crippen molar-refractivity contribution in [1.82, 2.24) is 0 Å². The summed E-state index contributed by atoms with van der Waals surface area (Å²) in [7, 11) is -4.48. The van der Waals surface area contributed by atoms with Crippen molar-refractivity contribution in [2.45, 2.75) is 12.1 Å². The zero-order chi connectivity index (χ0) is 10.6. The van der Waals surface area contributed by atoms with Crippen molar-refractivity contribution in [3.8, 4) is 0 Å². The van der Waals surface area contributed by atoms with Gasteiger partial charge in [-0.05, 0) is 0 Å². The van der Waals surface area contributed by atoms with E-state index >= 15 is 0 Å². The summed E-state index contributed by atoms with van der Waals surface area (Å²) < 4.78 is 10.6. The van der Waals surface area contributed by atoms with Crippen molar-refractivity contribution in [1.29, 1.82) is 0 Å². The second-order valence-corrected chi connectivity index (χ2v) is 4.32. The van der Waals surface area contributed by atoms with Gasteiger partial charge in [0.15, 0.2) is 0 Å². The Balaban J connectivity index is 4.40. The monoisotopic (exact) mass is 211 g/mol. The second kappa shape index (κ2) is 4.48. The van der Waals surface area contributed by atoms with Gasteiger partial charge in [0.05, 0.1) is 5.66 Å². The summed E-state index contributed by atoms with van der Waals surface area (Å²) in [6.45, 7) is -0.427. The molecule has 0 heterocycles. The third-order valence-corrected chi connectivity index (χ3v) is 2.75. The molecular weight excluding hydrogens is 201 g/mol. The third kappa shape index (κ3) is 4.14.